The van der Waals surface area contributed by atoms with Gasteiger partial charge in [-0.05, 0) is 41.7 Å². The number of thioether (sulfide) groups is 1. The Morgan fingerprint density at radius 1 is 1.03 bits per heavy atom. The third-order valence-electron chi connectivity index (χ3n) is 4.48. The van der Waals surface area contributed by atoms with Crippen molar-refractivity contribution in [2.75, 3.05) is 29.1 Å². The van der Waals surface area contributed by atoms with Crippen LogP contribution in [0.3, 0.4) is 0 Å². The van der Waals surface area contributed by atoms with Gasteiger partial charge in [-0.15, -0.1) is 11.8 Å². The van der Waals surface area contributed by atoms with Crippen LogP contribution in [0.4, 0.5) is 20.2 Å². The van der Waals surface area contributed by atoms with Gasteiger partial charge in [0.05, 0.1) is 23.5 Å². The van der Waals surface area contributed by atoms with Gasteiger partial charge in [0, 0.05) is 24.1 Å². The molecule has 2 N–H and O–H groups in total. The van der Waals surface area contributed by atoms with Crippen LogP contribution in [-0.2, 0) is 16.0 Å². The molecule has 2 aromatic carbocycles. The lowest BCUT2D eigenvalue weighted by Crippen LogP contribution is -2.32. The maximum Gasteiger partial charge on any atom is 0.313 e. The predicted molar refractivity (Wildman–Crippen MR) is 125 cm³/mol. The average molecular weight is 465 g/mol. The number of aliphatic carboxylic acids is 1. The summed E-state index contributed by atoms with van der Waals surface area (Å²) in [5.41, 5.74) is 1.46. The molecule has 0 bridgehead atoms. The molecule has 0 aliphatic heterocycles. The molecule has 32 heavy (non-hydrogen) atoms. The van der Waals surface area contributed by atoms with E-state index in [9.17, 15) is 18.4 Å². The van der Waals surface area contributed by atoms with Crippen molar-refractivity contribution in [1.29, 1.82) is 0 Å². The number of nitrogens with one attached hydrogen (secondary N) is 1. The average Bonchev–Trinajstić information content (AvgIpc) is 2.67. The van der Waals surface area contributed by atoms with Crippen LogP contribution in [0.1, 0.15) is 33.3 Å². The molecular weight excluding hydrogens is 434 g/mol. The number of anilines is 2. The van der Waals surface area contributed by atoms with Gasteiger partial charge in [-0.2, -0.15) is 0 Å². The van der Waals surface area contributed by atoms with Gasteiger partial charge in [0.25, 0.3) is 0 Å². The van der Waals surface area contributed by atoms with Crippen molar-refractivity contribution in [3.63, 3.8) is 0 Å². The van der Waals surface area contributed by atoms with E-state index in [2.05, 4.69) is 37.9 Å². The monoisotopic (exact) mass is 464 g/mol. The lowest BCUT2D eigenvalue weighted by molar-refractivity contribution is -0.133. The molecule has 2 rings (SSSR count). The Bertz CT molecular complexity index is 941. The molecule has 0 saturated carbocycles. The zero-order chi connectivity index (χ0) is 23.8. The lowest BCUT2D eigenvalue weighted by Gasteiger charge is -2.30. The molecule has 2 aromatic rings. The molecule has 0 heterocycles. The quantitative estimate of drug-likeness (QED) is 0.433. The Morgan fingerprint density at radius 3 is 2.25 bits per heavy atom. The highest BCUT2D eigenvalue weighted by Gasteiger charge is 2.18. The van der Waals surface area contributed by atoms with Crippen molar-refractivity contribution in [3.05, 3.63) is 53.6 Å². The van der Waals surface area contributed by atoms with Gasteiger partial charge in [-0.3, -0.25) is 9.59 Å². The van der Waals surface area contributed by atoms with Crippen LogP contribution < -0.4 is 10.2 Å². The number of amides is 1. The highest BCUT2D eigenvalue weighted by Crippen LogP contribution is 2.32. The Morgan fingerprint density at radius 2 is 1.69 bits per heavy atom. The van der Waals surface area contributed by atoms with Crippen LogP contribution in [-0.4, -0.2) is 35.8 Å². The molecule has 5 nitrogen and oxygen atoms in total. The van der Waals surface area contributed by atoms with Crippen molar-refractivity contribution in [1.82, 2.24) is 0 Å². The third kappa shape index (κ3) is 8.15. The number of nitrogens with zero attached hydrogens (tertiary/aromatic N) is 1. The zero-order valence-corrected chi connectivity index (χ0v) is 19.6. The second-order valence-electron chi connectivity index (χ2n) is 8.51. The summed E-state index contributed by atoms with van der Waals surface area (Å²) >= 11 is 1.15. The number of rotatable bonds is 11. The number of carbonyl (C=O) groups excluding carboxylic acids is 1. The fourth-order valence-electron chi connectivity index (χ4n) is 3.31. The number of carboxylic acids is 1. The van der Waals surface area contributed by atoms with E-state index in [1.807, 2.05) is 12.1 Å². The van der Waals surface area contributed by atoms with Gasteiger partial charge in [-0.25, -0.2) is 8.78 Å². The summed E-state index contributed by atoms with van der Waals surface area (Å²) in [6.45, 7) is 9.99. The van der Waals surface area contributed by atoms with Gasteiger partial charge in [0.1, 0.15) is 11.6 Å². The van der Waals surface area contributed by atoms with Crippen LogP contribution in [0.2, 0.25) is 0 Å². The zero-order valence-electron chi connectivity index (χ0n) is 18.8. The van der Waals surface area contributed by atoms with E-state index in [-0.39, 0.29) is 17.7 Å². The van der Waals surface area contributed by atoms with Gasteiger partial charge in [-0.1, -0.05) is 33.8 Å². The topological polar surface area (TPSA) is 69.6 Å². The summed E-state index contributed by atoms with van der Waals surface area (Å²) in [5.74, 6) is -2.18. The van der Waals surface area contributed by atoms with Crippen LogP contribution in [0, 0.1) is 23.5 Å². The maximum absolute atomic E-state index is 14.0. The molecule has 8 heteroatoms. The fraction of sp³-hybridized carbons (Fsp3) is 0.417. The van der Waals surface area contributed by atoms with Crippen LogP contribution in [0.25, 0.3) is 0 Å². The minimum Gasteiger partial charge on any atom is -0.481 e. The first-order valence-electron chi connectivity index (χ1n) is 10.5. The minimum atomic E-state index is -0.933. The van der Waals surface area contributed by atoms with Crippen molar-refractivity contribution in [2.45, 2.75) is 39.0 Å². The van der Waals surface area contributed by atoms with E-state index >= 15 is 0 Å². The van der Waals surface area contributed by atoms with E-state index in [1.165, 1.54) is 6.07 Å². The molecule has 0 aliphatic rings. The Balaban J connectivity index is 2.34. The second kappa shape index (κ2) is 11.9. The molecule has 0 atom stereocenters. The van der Waals surface area contributed by atoms with Crippen LogP contribution in [0.15, 0.2) is 41.3 Å². The molecular formula is C24H30F2N2O3S. The summed E-state index contributed by atoms with van der Waals surface area (Å²) in [6, 6.07) is 8.59. The number of carboxylic acid groups (broad SMARTS) is 1. The molecule has 174 valence electrons. The largest absolute Gasteiger partial charge is 0.481 e. The molecule has 0 spiro atoms. The standard InChI is InChI=1S/C24H30F2N2O3S/c1-15(2)12-28(13-16(3)4)22-8-7-19(32-14-24(30)31)11-21(22)27-23(29)9-17-5-6-18(25)10-20(17)26/h5-8,10-11,15-16H,9,12-14H2,1-4H3,(H,27,29)(H,30,31). The van der Waals surface area contributed by atoms with Gasteiger partial charge in [0.15, 0.2) is 0 Å². The number of hydrogen-bond donors (Lipinski definition) is 2. The second-order valence-corrected chi connectivity index (χ2v) is 9.56. The maximum atomic E-state index is 14.0. The smallest absolute Gasteiger partial charge is 0.313 e. The molecule has 0 aliphatic carbocycles. The van der Waals surface area contributed by atoms with Gasteiger partial charge < -0.3 is 15.3 Å². The summed E-state index contributed by atoms with van der Waals surface area (Å²) in [5, 5.41) is 11.8. The Kier molecular flexibility index (Phi) is 9.50. The molecule has 0 unspecified atom stereocenters. The van der Waals surface area contributed by atoms with Crippen molar-refractivity contribution in [2.24, 2.45) is 11.8 Å². The number of hydrogen-bond acceptors (Lipinski definition) is 4. The van der Waals surface area contributed by atoms with Gasteiger partial charge >= 0.3 is 5.97 Å². The first kappa shape index (κ1) is 25.6. The third-order valence-corrected chi connectivity index (χ3v) is 5.46. The molecule has 0 fully saturated rings. The minimum absolute atomic E-state index is 0.100. The number of halogens is 2. The van der Waals surface area contributed by atoms with Crippen LogP contribution in [0.5, 0.6) is 0 Å². The number of benzene rings is 2. The summed E-state index contributed by atoms with van der Waals surface area (Å²) in [4.78, 5) is 26.6. The first-order chi connectivity index (χ1) is 15.0. The highest BCUT2D eigenvalue weighted by molar-refractivity contribution is 8.00. The summed E-state index contributed by atoms with van der Waals surface area (Å²) in [6.07, 6.45) is -0.244. The van der Waals surface area contributed by atoms with E-state index < -0.39 is 23.5 Å². The van der Waals surface area contributed by atoms with Gasteiger partial charge in [0.2, 0.25) is 5.91 Å². The van der Waals surface area contributed by atoms with Crippen molar-refractivity contribution < 1.29 is 23.5 Å². The number of carbonyl (C=O) groups is 2. The van der Waals surface area contributed by atoms with E-state index in [1.54, 1.807) is 6.07 Å². The van der Waals surface area contributed by atoms with Crippen LogP contribution >= 0.6 is 11.8 Å². The highest BCUT2D eigenvalue weighted by atomic mass is 32.2. The Labute approximate surface area is 192 Å². The van der Waals surface area contributed by atoms with E-state index in [4.69, 9.17) is 5.11 Å². The molecule has 1 amide bonds. The first-order valence-corrected chi connectivity index (χ1v) is 11.5. The molecule has 0 radical (unpaired) electrons. The van der Waals surface area contributed by atoms with E-state index in [0.717, 1.165) is 42.7 Å². The predicted octanol–water partition coefficient (Wildman–Crippen LogP) is 5.44. The van der Waals surface area contributed by atoms with Crippen molar-refractivity contribution in [3.8, 4) is 0 Å². The van der Waals surface area contributed by atoms with Crippen molar-refractivity contribution >= 4 is 35.0 Å². The summed E-state index contributed by atoms with van der Waals surface area (Å²) < 4.78 is 27.2. The SMILES string of the molecule is CC(C)CN(CC(C)C)c1ccc(SCC(=O)O)cc1NC(=O)Cc1ccc(F)cc1F. The summed E-state index contributed by atoms with van der Waals surface area (Å²) in [7, 11) is 0. The lowest BCUT2D eigenvalue weighted by atomic mass is 10.1. The van der Waals surface area contributed by atoms with E-state index in [0.29, 0.717) is 22.4 Å². The fourth-order valence-corrected chi connectivity index (χ4v) is 3.97. The normalized spacial score (nSPS) is 11.1. The molecule has 0 aromatic heterocycles. The Hall–Kier alpha value is -2.61. The molecule has 0 saturated heterocycles.